The first kappa shape index (κ1) is 17.1. The maximum atomic E-state index is 12.5. The summed E-state index contributed by atoms with van der Waals surface area (Å²) in [5.74, 6) is 1.04. The van der Waals surface area contributed by atoms with Gasteiger partial charge in [0.15, 0.2) is 0 Å². The molecule has 138 valence electrons. The molecule has 1 aliphatic carbocycles. The Kier molecular flexibility index (Phi) is 4.21. The number of para-hydroxylation sites is 1. The van der Waals surface area contributed by atoms with Gasteiger partial charge in [0.25, 0.3) is 0 Å². The summed E-state index contributed by atoms with van der Waals surface area (Å²) < 4.78 is 5.87. The maximum Gasteiger partial charge on any atom is 0.323 e. The Balaban J connectivity index is 1.81. The minimum Gasteiger partial charge on any atom is -0.408 e. The predicted octanol–water partition coefficient (Wildman–Crippen LogP) is 3.86. The van der Waals surface area contributed by atoms with Gasteiger partial charge in [-0.25, -0.2) is 0 Å². The number of fused-ring (bicyclic) bond motifs is 1. The van der Waals surface area contributed by atoms with Crippen LogP contribution in [0.25, 0.3) is 0 Å². The average molecular weight is 354 g/mol. The number of hydrogen-bond acceptors (Lipinski definition) is 5. The van der Waals surface area contributed by atoms with E-state index >= 15 is 0 Å². The molecule has 2 aromatic rings. The van der Waals surface area contributed by atoms with Crippen molar-refractivity contribution in [2.24, 2.45) is 5.92 Å². The van der Waals surface area contributed by atoms with Crippen LogP contribution in [-0.2, 0) is 11.2 Å². The van der Waals surface area contributed by atoms with Gasteiger partial charge < -0.3 is 9.32 Å². The summed E-state index contributed by atoms with van der Waals surface area (Å²) in [4.78, 5) is 16.7. The molecule has 0 spiro atoms. The number of rotatable bonds is 4. The van der Waals surface area contributed by atoms with Crippen LogP contribution in [-0.4, -0.2) is 33.1 Å². The Morgan fingerprint density at radius 1 is 1.27 bits per heavy atom. The molecule has 26 heavy (non-hydrogen) atoms. The van der Waals surface area contributed by atoms with Crippen LogP contribution in [0, 0.1) is 5.92 Å². The van der Waals surface area contributed by atoms with E-state index in [1.54, 1.807) is 6.92 Å². The fraction of sp³-hybridized carbons (Fsp3) is 0.550. The third-order valence-corrected chi connectivity index (χ3v) is 5.75. The molecule has 1 aromatic heterocycles. The van der Waals surface area contributed by atoms with Gasteiger partial charge in [-0.2, -0.15) is 0 Å². The summed E-state index contributed by atoms with van der Waals surface area (Å²) in [7, 11) is 0. The Bertz CT molecular complexity index is 814. The molecule has 4 rings (SSSR count). The van der Waals surface area contributed by atoms with E-state index in [1.807, 2.05) is 19.1 Å². The summed E-state index contributed by atoms with van der Waals surface area (Å²) in [6.45, 7) is 8.09. The van der Waals surface area contributed by atoms with Gasteiger partial charge >= 0.3 is 6.01 Å². The summed E-state index contributed by atoms with van der Waals surface area (Å²) in [5.41, 5.74) is 2.22. The predicted molar refractivity (Wildman–Crippen MR) is 99.2 cm³/mol. The lowest BCUT2D eigenvalue weighted by molar-refractivity contribution is -0.133. The minimum absolute atomic E-state index is 0.0796. The molecular weight excluding hydrogens is 328 g/mol. The van der Waals surface area contributed by atoms with Crippen LogP contribution < -0.4 is 4.90 Å². The summed E-state index contributed by atoms with van der Waals surface area (Å²) >= 11 is 0. The quantitative estimate of drug-likeness (QED) is 0.834. The maximum absolute atomic E-state index is 12.5. The van der Waals surface area contributed by atoms with Crippen LogP contribution in [0.3, 0.4) is 0 Å². The molecule has 6 heteroatoms. The van der Waals surface area contributed by atoms with Crippen LogP contribution >= 0.6 is 0 Å². The smallest absolute Gasteiger partial charge is 0.323 e. The molecule has 0 bridgehead atoms. The minimum atomic E-state index is 0.0796. The SMILES string of the molecule is CCc1nnc(N2c3ccccc3C(N(C(C)=O)C3CC3)C(C)C2C)o1. The van der Waals surface area contributed by atoms with Gasteiger partial charge in [-0.05, 0) is 31.4 Å². The van der Waals surface area contributed by atoms with E-state index in [2.05, 4.69) is 46.0 Å². The molecule has 0 N–H and O–H groups in total. The molecular formula is C20H26N4O2. The van der Waals surface area contributed by atoms with E-state index in [0.29, 0.717) is 17.9 Å². The molecule has 2 aliphatic rings. The Morgan fingerprint density at radius 3 is 2.62 bits per heavy atom. The van der Waals surface area contributed by atoms with Crippen molar-refractivity contribution in [3.63, 3.8) is 0 Å². The summed E-state index contributed by atoms with van der Waals surface area (Å²) in [6.07, 6.45) is 2.92. The first-order chi connectivity index (χ1) is 12.5. The zero-order valence-corrected chi connectivity index (χ0v) is 15.8. The second-order valence-corrected chi connectivity index (χ2v) is 7.46. The molecule has 1 aliphatic heterocycles. The van der Waals surface area contributed by atoms with Gasteiger partial charge in [-0.15, -0.1) is 5.10 Å². The topological polar surface area (TPSA) is 62.5 Å². The molecule has 2 heterocycles. The highest BCUT2D eigenvalue weighted by Gasteiger charge is 2.46. The Morgan fingerprint density at radius 2 is 2.00 bits per heavy atom. The highest BCUT2D eigenvalue weighted by Crippen LogP contribution is 2.49. The van der Waals surface area contributed by atoms with Gasteiger partial charge in [-0.1, -0.05) is 37.1 Å². The van der Waals surface area contributed by atoms with Crippen molar-refractivity contribution in [2.75, 3.05) is 4.90 Å². The van der Waals surface area contributed by atoms with Crippen molar-refractivity contribution < 1.29 is 9.21 Å². The third-order valence-electron chi connectivity index (χ3n) is 5.75. The van der Waals surface area contributed by atoms with E-state index in [9.17, 15) is 4.79 Å². The molecule has 1 amide bonds. The first-order valence-corrected chi connectivity index (χ1v) is 9.52. The molecule has 0 radical (unpaired) electrons. The van der Waals surface area contributed by atoms with Crippen LogP contribution in [0.2, 0.25) is 0 Å². The van der Waals surface area contributed by atoms with Gasteiger partial charge in [0, 0.05) is 31.3 Å². The van der Waals surface area contributed by atoms with E-state index in [0.717, 1.165) is 30.5 Å². The molecule has 1 fully saturated rings. The van der Waals surface area contributed by atoms with Crippen molar-refractivity contribution in [1.82, 2.24) is 15.1 Å². The van der Waals surface area contributed by atoms with Crippen LogP contribution in [0.1, 0.15) is 58.0 Å². The summed E-state index contributed by atoms with van der Waals surface area (Å²) in [6, 6.07) is 9.42. The highest BCUT2D eigenvalue weighted by atomic mass is 16.4. The first-order valence-electron chi connectivity index (χ1n) is 9.52. The fourth-order valence-electron chi connectivity index (χ4n) is 4.16. The van der Waals surface area contributed by atoms with E-state index < -0.39 is 0 Å². The Labute approximate surface area is 154 Å². The van der Waals surface area contributed by atoms with Gasteiger partial charge in [0.2, 0.25) is 11.8 Å². The van der Waals surface area contributed by atoms with E-state index in [1.165, 1.54) is 0 Å². The van der Waals surface area contributed by atoms with Gasteiger partial charge in [0.05, 0.1) is 11.7 Å². The van der Waals surface area contributed by atoms with Crippen LogP contribution in [0.4, 0.5) is 11.7 Å². The molecule has 6 nitrogen and oxygen atoms in total. The number of amides is 1. The number of hydrogen-bond donors (Lipinski definition) is 0. The number of carbonyl (C=O) groups excluding carboxylic acids is 1. The fourth-order valence-corrected chi connectivity index (χ4v) is 4.16. The van der Waals surface area contributed by atoms with Crippen molar-refractivity contribution in [3.8, 4) is 0 Å². The second kappa shape index (κ2) is 6.41. The normalized spacial score (nSPS) is 25.1. The van der Waals surface area contributed by atoms with Crippen molar-refractivity contribution in [1.29, 1.82) is 0 Å². The second-order valence-electron chi connectivity index (χ2n) is 7.46. The van der Waals surface area contributed by atoms with Crippen molar-refractivity contribution in [2.45, 2.75) is 65.1 Å². The molecule has 1 saturated carbocycles. The zero-order valence-electron chi connectivity index (χ0n) is 15.8. The number of anilines is 2. The summed E-state index contributed by atoms with van der Waals surface area (Å²) in [5, 5.41) is 8.42. The number of carbonyl (C=O) groups is 1. The lowest BCUT2D eigenvalue weighted by atomic mass is 9.82. The lowest BCUT2D eigenvalue weighted by Crippen LogP contribution is -2.49. The van der Waals surface area contributed by atoms with Crippen LogP contribution in [0.5, 0.6) is 0 Å². The molecule has 3 unspecified atom stereocenters. The van der Waals surface area contributed by atoms with E-state index in [4.69, 9.17) is 4.42 Å². The number of aryl methyl sites for hydroxylation is 1. The van der Waals surface area contributed by atoms with Gasteiger partial charge in [0.1, 0.15) is 0 Å². The monoisotopic (exact) mass is 354 g/mol. The van der Waals surface area contributed by atoms with E-state index in [-0.39, 0.29) is 23.9 Å². The largest absolute Gasteiger partial charge is 0.408 e. The number of nitrogens with zero attached hydrogens (tertiary/aromatic N) is 4. The van der Waals surface area contributed by atoms with Gasteiger partial charge in [-0.3, -0.25) is 9.69 Å². The molecule has 0 saturated heterocycles. The van der Waals surface area contributed by atoms with Crippen LogP contribution in [0.15, 0.2) is 28.7 Å². The number of benzene rings is 1. The molecule has 1 aromatic carbocycles. The zero-order chi connectivity index (χ0) is 18.4. The average Bonchev–Trinajstić information content (AvgIpc) is 3.35. The highest BCUT2D eigenvalue weighted by molar-refractivity contribution is 5.76. The third kappa shape index (κ3) is 2.68. The lowest BCUT2D eigenvalue weighted by Gasteiger charge is -2.47. The van der Waals surface area contributed by atoms with Crippen molar-refractivity contribution >= 4 is 17.6 Å². The standard InChI is InChI=1S/C20H26N4O2/c1-5-18-21-22-20(26-18)23-13(3)12(2)19(16-8-6-7-9-17(16)23)24(14(4)25)15-10-11-15/h6-9,12-13,15,19H,5,10-11H2,1-4H3. The van der Waals surface area contributed by atoms with Crippen molar-refractivity contribution in [3.05, 3.63) is 35.7 Å². The Hall–Kier alpha value is -2.37. The molecule has 3 atom stereocenters. The number of aromatic nitrogens is 2.